The second-order valence-electron chi connectivity index (χ2n) is 7.66. The van der Waals surface area contributed by atoms with E-state index < -0.39 is 18.0 Å². The van der Waals surface area contributed by atoms with Crippen molar-refractivity contribution >= 4 is 28.7 Å². The quantitative estimate of drug-likeness (QED) is 0.421. The maximum atomic E-state index is 12.6. The van der Waals surface area contributed by atoms with Crippen LogP contribution in [-0.4, -0.2) is 79.5 Å². The number of anilines is 1. The normalized spacial score (nSPS) is 15.7. The highest BCUT2D eigenvalue weighted by Crippen LogP contribution is 2.28. The van der Waals surface area contributed by atoms with E-state index in [0.29, 0.717) is 28.8 Å². The van der Waals surface area contributed by atoms with Crippen molar-refractivity contribution in [2.24, 2.45) is 0 Å². The second-order valence-corrected chi connectivity index (χ2v) is 7.66. The van der Waals surface area contributed by atoms with Gasteiger partial charge in [-0.1, -0.05) is 6.07 Å². The van der Waals surface area contributed by atoms with Gasteiger partial charge in [-0.15, -0.1) is 0 Å². The van der Waals surface area contributed by atoms with E-state index in [0.717, 1.165) is 0 Å². The second kappa shape index (κ2) is 9.55. The van der Waals surface area contributed by atoms with Gasteiger partial charge in [0.05, 0.1) is 24.4 Å². The molecule has 0 spiro atoms. The van der Waals surface area contributed by atoms with Crippen LogP contribution in [0.1, 0.15) is 21.7 Å². The van der Waals surface area contributed by atoms with E-state index in [1.54, 1.807) is 24.3 Å². The molecule has 174 valence electrons. The average Bonchev–Trinajstić information content (AvgIpc) is 2.87. The van der Waals surface area contributed by atoms with Gasteiger partial charge in [0.2, 0.25) is 0 Å². The average molecular weight is 463 g/mol. The summed E-state index contributed by atoms with van der Waals surface area (Å²) in [4.78, 5) is 39.4. The number of carboxylic acid groups (broad SMARTS) is 1. The Bertz CT molecular complexity index is 1280. The number of pyridine rings is 3. The number of hydrogen-bond acceptors (Lipinski definition) is 9. The topological polar surface area (TPSA) is 176 Å². The van der Waals surface area contributed by atoms with Gasteiger partial charge < -0.3 is 25.5 Å². The number of nitriles is 1. The Balaban J connectivity index is 1.49. The number of fused-ring (bicyclic) bond motifs is 1. The molecule has 1 aliphatic heterocycles. The van der Waals surface area contributed by atoms with Gasteiger partial charge in [0.1, 0.15) is 17.6 Å². The molecule has 3 aromatic rings. The molecule has 1 atom stereocenters. The van der Waals surface area contributed by atoms with Crippen molar-refractivity contribution in [3.05, 3.63) is 53.6 Å². The summed E-state index contributed by atoms with van der Waals surface area (Å²) >= 11 is 0. The van der Waals surface area contributed by atoms with Crippen molar-refractivity contribution in [3.63, 3.8) is 0 Å². The van der Waals surface area contributed by atoms with Gasteiger partial charge in [-0.25, -0.2) is 19.7 Å². The van der Waals surface area contributed by atoms with E-state index in [9.17, 15) is 24.9 Å². The fourth-order valence-electron chi connectivity index (χ4n) is 3.75. The predicted octanol–water partition coefficient (Wildman–Crippen LogP) is 0.693. The molecule has 3 aromatic heterocycles. The van der Waals surface area contributed by atoms with E-state index in [1.165, 1.54) is 17.3 Å². The van der Waals surface area contributed by atoms with Crippen molar-refractivity contribution in [2.75, 3.05) is 31.1 Å². The fourth-order valence-corrected chi connectivity index (χ4v) is 3.75. The summed E-state index contributed by atoms with van der Waals surface area (Å²) in [5.41, 5.74) is 1.16. The van der Waals surface area contributed by atoms with Gasteiger partial charge in [0.25, 0.3) is 5.91 Å². The Morgan fingerprint density at radius 3 is 2.68 bits per heavy atom. The molecule has 0 aliphatic carbocycles. The molecule has 4 rings (SSSR count). The van der Waals surface area contributed by atoms with Crippen molar-refractivity contribution in [3.8, 4) is 11.8 Å². The van der Waals surface area contributed by atoms with Crippen molar-refractivity contribution < 1.29 is 24.9 Å². The highest BCUT2D eigenvalue weighted by atomic mass is 16.4. The lowest BCUT2D eigenvalue weighted by molar-refractivity contribution is 0.0908. The first-order valence-electron chi connectivity index (χ1n) is 10.4. The van der Waals surface area contributed by atoms with Crippen LogP contribution in [0.3, 0.4) is 0 Å². The molecular formula is C22H21N7O5. The van der Waals surface area contributed by atoms with Crippen LogP contribution in [0.4, 0.5) is 10.6 Å². The lowest BCUT2D eigenvalue weighted by Gasteiger charge is -2.39. The van der Waals surface area contributed by atoms with Gasteiger partial charge in [-0.3, -0.25) is 9.69 Å². The lowest BCUT2D eigenvalue weighted by atomic mass is 10.1. The van der Waals surface area contributed by atoms with E-state index in [2.05, 4.69) is 20.3 Å². The number of amides is 2. The molecule has 12 heteroatoms. The molecule has 2 amide bonds. The maximum Gasteiger partial charge on any atom is 0.407 e. The standard InChI is InChI=1S/C22H21N7O5/c23-7-14-2-1-13(8-24-14)9-26-21(32)19-20(31)16-3-4-18(27-17(16)10-25-19)28-5-6-29(22(33)34)15(11-28)12-30/h1-4,8,10,15,30-31H,5-6,9,11-12H2,(H,26,32)(H,33,34)/t15-/m1/s1. The SMILES string of the molecule is N#Cc1ccc(CNC(=O)c2ncc3nc(N4CCN(C(=O)O)[C@@H](CO)C4)ccc3c2O)cn1. The highest BCUT2D eigenvalue weighted by molar-refractivity contribution is 6.00. The molecule has 4 N–H and O–H groups in total. The highest BCUT2D eigenvalue weighted by Gasteiger charge is 2.30. The first kappa shape index (κ1) is 22.7. The fraction of sp³-hybridized carbons (Fsp3) is 0.273. The number of aliphatic hydroxyl groups is 1. The first-order chi connectivity index (χ1) is 16.4. The molecule has 0 saturated carbocycles. The molecule has 12 nitrogen and oxygen atoms in total. The number of carbonyl (C=O) groups is 2. The zero-order valence-electron chi connectivity index (χ0n) is 17.9. The summed E-state index contributed by atoms with van der Waals surface area (Å²) in [6.07, 6.45) is 1.78. The number of carbonyl (C=O) groups excluding carboxylic acids is 1. The van der Waals surface area contributed by atoms with Gasteiger partial charge in [0.15, 0.2) is 11.4 Å². The predicted molar refractivity (Wildman–Crippen MR) is 119 cm³/mol. The Kier molecular flexibility index (Phi) is 6.37. The maximum absolute atomic E-state index is 12.6. The molecule has 1 aliphatic rings. The third-order valence-electron chi connectivity index (χ3n) is 5.58. The number of hydrogen-bond donors (Lipinski definition) is 4. The van der Waals surface area contributed by atoms with Crippen LogP contribution in [-0.2, 0) is 6.54 Å². The van der Waals surface area contributed by atoms with Crippen LogP contribution in [0.2, 0.25) is 0 Å². The summed E-state index contributed by atoms with van der Waals surface area (Å²) < 4.78 is 0. The summed E-state index contributed by atoms with van der Waals surface area (Å²) in [5.74, 6) is -0.345. The minimum atomic E-state index is -1.08. The summed E-state index contributed by atoms with van der Waals surface area (Å²) in [5, 5.41) is 41.2. The number of piperazine rings is 1. The van der Waals surface area contributed by atoms with E-state index in [4.69, 9.17) is 5.26 Å². The number of nitrogens with zero attached hydrogens (tertiary/aromatic N) is 6. The molecule has 0 aromatic carbocycles. The molecule has 0 unspecified atom stereocenters. The molecular weight excluding hydrogens is 442 g/mol. The zero-order valence-corrected chi connectivity index (χ0v) is 17.9. The molecule has 1 saturated heterocycles. The Morgan fingerprint density at radius 1 is 1.18 bits per heavy atom. The first-order valence-corrected chi connectivity index (χ1v) is 10.4. The van der Waals surface area contributed by atoms with Crippen LogP contribution in [0.5, 0.6) is 5.75 Å². The van der Waals surface area contributed by atoms with Crippen LogP contribution in [0, 0.1) is 11.3 Å². The zero-order chi connectivity index (χ0) is 24.2. The van der Waals surface area contributed by atoms with Gasteiger partial charge in [0, 0.05) is 37.8 Å². The molecule has 0 bridgehead atoms. The molecule has 34 heavy (non-hydrogen) atoms. The Labute approximate surface area is 193 Å². The summed E-state index contributed by atoms with van der Waals surface area (Å²) in [6, 6.07) is 7.84. The number of rotatable bonds is 5. The Morgan fingerprint density at radius 2 is 2.00 bits per heavy atom. The van der Waals surface area contributed by atoms with Crippen LogP contribution >= 0.6 is 0 Å². The van der Waals surface area contributed by atoms with Crippen molar-refractivity contribution in [2.45, 2.75) is 12.6 Å². The van der Waals surface area contributed by atoms with Crippen LogP contribution < -0.4 is 10.2 Å². The van der Waals surface area contributed by atoms with Gasteiger partial charge >= 0.3 is 6.09 Å². The number of aliphatic hydroxyl groups excluding tert-OH is 1. The number of nitrogens with one attached hydrogen (secondary N) is 1. The number of aromatic nitrogens is 3. The van der Waals surface area contributed by atoms with Crippen LogP contribution in [0.25, 0.3) is 10.9 Å². The van der Waals surface area contributed by atoms with Gasteiger partial charge in [-0.2, -0.15) is 5.26 Å². The van der Waals surface area contributed by atoms with Crippen molar-refractivity contribution in [1.82, 2.24) is 25.2 Å². The largest absolute Gasteiger partial charge is 0.505 e. The summed E-state index contributed by atoms with van der Waals surface area (Å²) in [6.45, 7) is 0.715. The number of aromatic hydroxyl groups is 1. The van der Waals surface area contributed by atoms with E-state index in [-0.39, 0.29) is 43.4 Å². The Hall–Kier alpha value is -4.50. The summed E-state index contributed by atoms with van der Waals surface area (Å²) in [7, 11) is 0. The van der Waals surface area contributed by atoms with Crippen LogP contribution in [0.15, 0.2) is 36.7 Å². The van der Waals surface area contributed by atoms with E-state index in [1.807, 2.05) is 11.0 Å². The monoisotopic (exact) mass is 463 g/mol. The smallest absolute Gasteiger partial charge is 0.407 e. The minimum absolute atomic E-state index is 0.141. The molecule has 4 heterocycles. The van der Waals surface area contributed by atoms with E-state index >= 15 is 0 Å². The van der Waals surface area contributed by atoms with Gasteiger partial charge in [-0.05, 0) is 23.8 Å². The molecule has 1 fully saturated rings. The lowest BCUT2D eigenvalue weighted by Crippen LogP contribution is -2.56. The van der Waals surface area contributed by atoms with Crippen molar-refractivity contribution in [1.29, 1.82) is 5.26 Å². The minimum Gasteiger partial charge on any atom is -0.505 e. The molecule has 0 radical (unpaired) electrons. The third kappa shape index (κ3) is 4.50. The third-order valence-corrected chi connectivity index (χ3v) is 5.58.